The number of alkyl halides is 3. The van der Waals surface area contributed by atoms with Gasteiger partial charge in [0.15, 0.2) is 5.69 Å². The van der Waals surface area contributed by atoms with Gasteiger partial charge in [0.2, 0.25) is 5.95 Å². The summed E-state index contributed by atoms with van der Waals surface area (Å²) < 4.78 is 38.4. The van der Waals surface area contributed by atoms with Gasteiger partial charge in [0.05, 0.1) is 0 Å². The summed E-state index contributed by atoms with van der Waals surface area (Å²) in [4.78, 5) is 8.84. The SMILES string of the molecule is CN(Cc1ccccc1)c1cc(C(F)(F)F)nc(NN)n1. The minimum atomic E-state index is -4.56. The van der Waals surface area contributed by atoms with Crippen LogP contribution in [0.1, 0.15) is 11.3 Å². The summed E-state index contributed by atoms with van der Waals surface area (Å²) in [5, 5.41) is 0. The molecule has 0 radical (unpaired) electrons. The van der Waals surface area contributed by atoms with Gasteiger partial charge in [0.1, 0.15) is 5.82 Å². The molecule has 0 aliphatic carbocycles. The van der Waals surface area contributed by atoms with Crippen molar-refractivity contribution in [2.45, 2.75) is 12.7 Å². The van der Waals surface area contributed by atoms with E-state index in [1.165, 1.54) is 0 Å². The van der Waals surface area contributed by atoms with Crippen molar-refractivity contribution in [1.29, 1.82) is 0 Å². The van der Waals surface area contributed by atoms with Gasteiger partial charge in [-0.1, -0.05) is 30.3 Å². The van der Waals surface area contributed by atoms with Crippen molar-refractivity contribution in [3.8, 4) is 0 Å². The molecule has 2 aromatic rings. The smallest absolute Gasteiger partial charge is 0.355 e. The molecule has 0 fully saturated rings. The van der Waals surface area contributed by atoms with Crippen molar-refractivity contribution in [1.82, 2.24) is 9.97 Å². The Bertz CT molecular complexity index is 601. The van der Waals surface area contributed by atoms with Crippen LogP contribution >= 0.6 is 0 Å². The number of hydrogen-bond donors (Lipinski definition) is 2. The normalized spacial score (nSPS) is 11.3. The highest BCUT2D eigenvalue weighted by Gasteiger charge is 2.34. The van der Waals surface area contributed by atoms with E-state index in [2.05, 4.69) is 9.97 Å². The highest BCUT2D eigenvalue weighted by Crippen LogP contribution is 2.30. The lowest BCUT2D eigenvalue weighted by atomic mass is 10.2. The highest BCUT2D eigenvalue weighted by atomic mass is 19.4. The van der Waals surface area contributed by atoms with Crippen molar-refractivity contribution in [2.24, 2.45) is 5.84 Å². The fourth-order valence-corrected chi connectivity index (χ4v) is 1.78. The van der Waals surface area contributed by atoms with Gasteiger partial charge in [-0.3, -0.25) is 5.43 Å². The summed E-state index contributed by atoms with van der Waals surface area (Å²) in [6.07, 6.45) is -4.56. The van der Waals surface area contributed by atoms with Gasteiger partial charge in [-0.25, -0.2) is 10.8 Å². The number of hydrazine groups is 1. The second-order valence-electron chi connectivity index (χ2n) is 4.42. The molecule has 1 aromatic carbocycles. The number of rotatable bonds is 4. The second kappa shape index (κ2) is 5.96. The van der Waals surface area contributed by atoms with Gasteiger partial charge in [0, 0.05) is 19.7 Å². The summed E-state index contributed by atoms with van der Waals surface area (Å²) in [5.74, 6) is 4.98. The van der Waals surface area contributed by atoms with Crippen LogP contribution in [0, 0.1) is 0 Å². The summed E-state index contributed by atoms with van der Waals surface area (Å²) >= 11 is 0. The van der Waals surface area contributed by atoms with Crippen LogP contribution in [0.15, 0.2) is 36.4 Å². The van der Waals surface area contributed by atoms with Crippen molar-refractivity contribution < 1.29 is 13.2 Å². The van der Waals surface area contributed by atoms with Crippen molar-refractivity contribution in [3.05, 3.63) is 47.7 Å². The van der Waals surface area contributed by atoms with Crippen LogP contribution in [-0.2, 0) is 12.7 Å². The van der Waals surface area contributed by atoms with Crippen LogP contribution in [0.2, 0.25) is 0 Å². The number of nitrogens with one attached hydrogen (secondary N) is 1. The molecule has 112 valence electrons. The second-order valence-corrected chi connectivity index (χ2v) is 4.42. The van der Waals surface area contributed by atoms with Crippen LogP contribution in [0.4, 0.5) is 24.9 Å². The van der Waals surface area contributed by atoms with Crippen LogP contribution in [0.3, 0.4) is 0 Å². The maximum atomic E-state index is 12.8. The molecular formula is C13H14F3N5. The van der Waals surface area contributed by atoms with E-state index >= 15 is 0 Å². The zero-order valence-corrected chi connectivity index (χ0v) is 11.2. The lowest BCUT2D eigenvalue weighted by Gasteiger charge is -2.20. The van der Waals surface area contributed by atoms with E-state index in [1.54, 1.807) is 11.9 Å². The average molecular weight is 297 g/mol. The lowest BCUT2D eigenvalue weighted by molar-refractivity contribution is -0.141. The van der Waals surface area contributed by atoms with E-state index in [9.17, 15) is 13.2 Å². The number of nitrogens with zero attached hydrogens (tertiary/aromatic N) is 3. The van der Waals surface area contributed by atoms with Gasteiger partial charge in [-0.05, 0) is 5.56 Å². The topological polar surface area (TPSA) is 67.1 Å². The van der Waals surface area contributed by atoms with E-state index in [0.717, 1.165) is 11.6 Å². The van der Waals surface area contributed by atoms with E-state index in [4.69, 9.17) is 5.84 Å². The maximum Gasteiger partial charge on any atom is 0.433 e. The lowest BCUT2D eigenvalue weighted by Crippen LogP contribution is -2.22. The Morgan fingerprint density at radius 1 is 1.19 bits per heavy atom. The molecule has 0 amide bonds. The summed E-state index contributed by atoms with van der Waals surface area (Å²) in [7, 11) is 1.65. The Balaban J connectivity index is 2.30. The zero-order valence-electron chi connectivity index (χ0n) is 11.2. The minimum Gasteiger partial charge on any atom is -0.355 e. The quantitative estimate of drug-likeness (QED) is 0.670. The summed E-state index contributed by atoms with van der Waals surface area (Å²) in [5.41, 5.74) is 1.96. The Hall–Kier alpha value is -2.35. The molecule has 0 saturated carbocycles. The van der Waals surface area contributed by atoms with E-state index in [1.807, 2.05) is 35.8 Å². The molecule has 1 aromatic heterocycles. The average Bonchev–Trinajstić information content (AvgIpc) is 2.46. The Morgan fingerprint density at radius 2 is 1.86 bits per heavy atom. The predicted octanol–water partition coefficient (Wildman–Crippen LogP) is 2.42. The van der Waals surface area contributed by atoms with Crippen LogP contribution < -0.4 is 16.2 Å². The standard InChI is InChI=1S/C13H14F3N5/c1-21(8-9-5-3-2-4-6-9)11-7-10(13(14,15)16)18-12(19-11)20-17/h2-7H,8,17H2,1H3,(H,18,19,20). The Morgan fingerprint density at radius 3 is 2.43 bits per heavy atom. The first-order valence-corrected chi connectivity index (χ1v) is 6.08. The minimum absolute atomic E-state index is 0.133. The number of halogens is 3. The molecular weight excluding hydrogens is 283 g/mol. The third-order valence-corrected chi connectivity index (χ3v) is 2.79. The molecule has 1 heterocycles. The van der Waals surface area contributed by atoms with E-state index < -0.39 is 11.9 Å². The molecule has 0 aliphatic heterocycles. The van der Waals surface area contributed by atoms with Gasteiger partial charge < -0.3 is 4.90 Å². The first kappa shape index (κ1) is 15.0. The molecule has 2 rings (SSSR count). The largest absolute Gasteiger partial charge is 0.433 e. The first-order valence-electron chi connectivity index (χ1n) is 6.08. The van der Waals surface area contributed by atoms with E-state index in [-0.39, 0.29) is 11.8 Å². The highest BCUT2D eigenvalue weighted by molar-refractivity contribution is 5.45. The first-order chi connectivity index (χ1) is 9.90. The molecule has 21 heavy (non-hydrogen) atoms. The van der Waals surface area contributed by atoms with Crippen molar-refractivity contribution >= 4 is 11.8 Å². The zero-order chi connectivity index (χ0) is 15.5. The third kappa shape index (κ3) is 3.82. The van der Waals surface area contributed by atoms with Crippen LogP contribution in [-0.4, -0.2) is 17.0 Å². The van der Waals surface area contributed by atoms with Gasteiger partial charge in [-0.2, -0.15) is 18.2 Å². The Kier molecular flexibility index (Phi) is 4.27. The van der Waals surface area contributed by atoms with E-state index in [0.29, 0.717) is 6.54 Å². The molecule has 0 saturated heterocycles. The summed E-state index contributed by atoms with van der Waals surface area (Å²) in [6.45, 7) is 0.416. The molecule has 5 nitrogen and oxygen atoms in total. The number of benzene rings is 1. The number of aromatic nitrogens is 2. The molecule has 0 aliphatic rings. The van der Waals surface area contributed by atoms with Crippen LogP contribution in [0.25, 0.3) is 0 Å². The van der Waals surface area contributed by atoms with Crippen molar-refractivity contribution in [3.63, 3.8) is 0 Å². The van der Waals surface area contributed by atoms with Gasteiger partial charge in [-0.15, -0.1) is 0 Å². The molecule has 0 unspecified atom stereocenters. The predicted molar refractivity (Wildman–Crippen MR) is 73.4 cm³/mol. The van der Waals surface area contributed by atoms with Gasteiger partial charge in [0.25, 0.3) is 0 Å². The van der Waals surface area contributed by atoms with Crippen molar-refractivity contribution in [2.75, 3.05) is 17.4 Å². The monoisotopic (exact) mass is 297 g/mol. The third-order valence-electron chi connectivity index (χ3n) is 2.79. The maximum absolute atomic E-state index is 12.8. The number of nitrogen functional groups attached to an aromatic ring is 1. The molecule has 3 N–H and O–H groups in total. The summed E-state index contributed by atoms with van der Waals surface area (Å²) in [6, 6.07) is 10.2. The molecule has 0 bridgehead atoms. The molecule has 8 heteroatoms. The number of hydrogen-bond acceptors (Lipinski definition) is 5. The Labute approximate surface area is 119 Å². The molecule has 0 atom stereocenters. The fraction of sp³-hybridized carbons (Fsp3) is 0.231. The number of anilines is 2. The van der Waals surface area contributed by atoms with Crippen LogP contribution in [0.5, 0.6) is 0 Å². The molecule has 0 spiro atoms. The van der Waals surface area contributed by atoms with Gasteiger partial charge >= 0.3 is 6.18 Å². The number of nitrogens with two attached hydrogens (primary N) is 1. The fourth-order valence-electron chi connectivity index (χ4n) is 1.78.